The molecule has 150 valence electrons. The van der Waals surface area contributed by atoms with E-state index in [1.807, 2.05) is 91.0 Å². The summed E-state index contributed by atoms with van der Waals surface area (Å²) in [5, 5.41) is 0. The molecular formula is C24H19NO3S2. The fourth-order valence-electron chi connectivity index (χ4n) is 2.91. The van der Waals surface area contributed by atoms with Gasteiger partial charge in [0.1, 0.15) is 28.2 Å². The first-order valence-electron chi connectivity index (χ1n) is 9.45. The Labute approximate surface area is 185 Å². The average molecular weight is 434 g/mol. The van der Waals surface area contributed by atoms with Crippen LogP contribution in [-0.2, 0) is 4.79 Å². The van der Waals surface area contributed by atoms with E-state index in [1.54, 1.807) is 4.90 Å². The third-order valence-electron chi connectivity index (χ3n) is 4.34. The van der Waals surface area contributed by atoms with Crippen LogP contribution in [0.4, 0.5) is 0 Å². The lowest BCUT2D eigenvalue weighted by Crippen LogP contribution is -2.32. The highest BCUT2D eigenvalue weighted by Crippen LogP contribution is 2.33. The Morgan fingerprint density at radius 2 is 1.53 bits per heavy atom. The van der Waals surface area contributed by atoms with Crippen molar-refractivity contribution in [1.29, 1.82) is 0 Å². The minimum Gasteiger partial charge on any atom is -0.492 e. The van der Waals surface area contributed by atoms with E-state index in [0.717, 1.165) is 17.1 Å². The normalized spacial score (nSPS) is 14.9. The lowest BCUT2D eigenvalue weighted by Gasteiger charge is -2.14. The zero-order chi connectivity index (χ0) is 20.8. The molecule has 0 N–H and O–H groups in total. The molecule has 1 fully saturated rings. The van der Waals surface area contributed by atoms with Gasteiger partial charge in [0.25, 0.3) is 5.91 Å². The second kappa shape index (κ2) is 9.61. The van der Waals surface area contributed by atoms with E-state index in [1.165, 1.54) is 11.8 Å². The van der Waals surface area contributed by atoms with Crippen molar-refractivity contribution in [3.8, 4) is 17.2 Å². The largest absolute Gasteiger partial charge is 0.492 e. The standard InChI is InChI=1S/C24H19NO3S2/c26-23-22(30-24(29)25(23)14-15-27-19-9-3-1-4-10-19)17-18-8-7-13-21(16-18)28-20-11-5-2-6-12-20/h1-13,16-17H,14-15H2. The number of ether oxygens (including phenoxy) is 2. The zero-order valence-corrected chi connectivity index (χ0v) is 17.7. The smallest absolute Gasteiger partial charge is 0.266 e. The number of hydrogen-bond acceptors (Lipinski definition) is 5. The number of nitrogens with zero attached hydrogens (tertiary/aromatic N) is 1. The van der Waals surface area contributed by atoms with Gasteiger partial charge in [-0.1, -0.05) is 72.5 Å². The summed E-state index contributed by atoms with van der Waals surface area (Å²) in [7, 11) is 0. The minimum absolute atomic E-state index is 0.101. The molecule has 0 atom stereocenters. The fourth-order valence-corrected chi connectivity index (χ4v) is 4.22. The van der Waals surface area contributed by atoms with Crippen LogP contribution in [0.2, 0.25) is 0 Å². The summed E-state index contributed by atoms with van der Waals surface area (Å²) < 4.78 is 12.1. The van der Waals surface area contributed by atoms with Crippen molar-refractivity contribution in [2.75, 3.05) is 13.2 Å². The summed E-state index contributed by atoms with van der Waals surface area (Å²) in [6, 6.07) is 26.7. The van der Waals surface area contributed by atoms with E-state index >= 15 is 0 Å². The predicted octanol–water partition coefficient (Wildman–Crippen LogP) is 5.76. The van der Waals surface area contributed by atoms with Crippen molar-refractivity contribution in [2.45, 2.75) is 0 Å². The van der Waals surface area contributed by atoms with Crippen LogP contribution >= 0.6 is 24.0 Å². The number of para-hydroxylation sites is 2. The van der Waals surface area contributed by atoms with Crippen LogP contribution in [0.3, 0.4) is 0 Å². The number of thiocarbonyl (C=S) groups is 1. The highest BCUT2D eigenvalue weighted by molar-refractivity contribution is 8.26. The van der Waals surface area contributed by atoms with Gasteiger partial charge in [-0.3, -0.25) is 9.69 Å². The van der Waals surface area contributed by atoms with Crippen molar-refractivity contribution in [3.05, 3.63) is 95.4 Å². The Hall–Kier alpha value is -3.09. The number of hydrogen-bond donors (Lipinski definition) is 0. The molecule has 0 saturated carbocycles. The van der Waals surface area contributed by atoms with Gasteiger partial charge in [-0.05, 0) is 48.0 Å². The second-order valence-corrected chi connectivity index (χ2v) is 8.16. The maximum absolute atomic E-state index is 12.8. The third kappa shape index (κ3) is 5.09. The molecule has 1 aliphatic heterocycles. The van der Waals surface area contributed by atoms with Crippen LogP contribution in [0.5, 0.6) is 17.2 Å². The molecule has 0 spiro atoms. The van der Waals surface area contributed by atoms with E-state index in [9.17, 15) is 4.79 Å². The Balaban J connectivity index is 1.41. The molecule has 3 aromatic carbocycles. The van der Waals surface area contributed by atoms with Gasteiger partial charge in [-0.25, -0.2) is 0 Å². The first kappa shape index (κ1) is 20.2. The van der Waals surface area contributed by atoms with Crippen LogP contribution in [0.1, 0.15) is 5.56 Å². The average Bonchev–Trinajstić information content (AvgIpc) is 3.03. The molecule has 0 unspecified atom stereocenters. The maximum atomic E-state index is 12.8. The van der Waals surface area contributed by atoms with Crippen LogP contribution < -0.4 is 9.47 Å². The second-order valence-electron chi connectivity index (χ2n) is 6.48. The molecule has 4 rings (SSSR count). The molecule has 0 bridgehead atoms. The molecule has 4 nitrogen and oxygen atoms in total. The topological polar surface area (TPSA) is 38.8 Å². The van der Waals surface area contributed by atoms with Gasteiger partial charge in [-0.15, -0.1) is 0 Å². The Morgan fingerprint density at radius 3 is 2.27 bits per heavy atom. The van der Waals surface area contributed by atoms with E-state index in [-0.39, 0.29) is 5.91 Å². The summed E-state index contributed by atoms with van der Waals surface area (Å²) in [6.07, 6.45) is 1.84. The highest BCUT2D eigenvalue weighted by Gasteiger charge is 2.31. The number of carbonyl (C=O) groups is 1. The number of thioether (sulfide) groups is 1. The van der Waals surface area contributed by atoms with Gasteiger partial charge in [0.05, 0.1) is 11.4 Å². The van der Waals surface area contributed by atoms with E-state index in [4.69, 9.17) is 21.7 Å². The maximum Gasteiger partial charge on any atom is 0.266 e. The molecular weight excluding hydrogens is 414 g/mol. The zero-order valence-electron chi connectivity index (χ0n) is 16.1. The van der Waals surface area contributed by atoms with Gasteiger partial charge in [0.15, 0.2) is 0 Å². The van der Waals surface area contributed by atoms with Crippen LogP contribution in [0.25, 0.3) is 6.08 Å². The Morgan fingerprint density at radius 1 is 0.867 bits per heavy atom. The summed E-state index contributed by atoms with van der Waals surface area (Å²) in [4.78, 5) is 15.0. The van der Waals surface area contributed by atoms with Gasteiger partial charge in [-0.2, -0.15) is 0 Å². The quantitative estimate of drug-likeness (QED) is 0.350. The van der Waals surface area contributed by atoms with E-state index < -0.39 is 0 Å². The van der Waals surface area contributed by atoms with Crippen molar-refractivity contribution in [2.24, 2.45) is 0 Å². The molecule has 0 radical (unpaired) electrons. The lowest BCUT2D eigenvalue weighted by atomic mass is 10.2. The Kier molecular flexibility index (Phi) is 6.47. The molecule has 30 heavy (non-hydrogen) atoms. The fraction of sp³-hybridized carbons (Fsp3) is 0.0833. The molecule has 1 amide bonds. The molecule has 1 aliphatic rings. The van der Waals surface area contributed by atoms with Crippen LogP contribution in [0, 0.1) is 0 Å². The summed E-state index contributed by atoms with van der Waals surface area (Å²) >= 11 is 6.71. The highest BCUT2D eigenvalue weighted by atomic mass is 32.2. The number of benzene rings is 3. The van der Waals surface area contributed by atoms with Gasteiger partial charge < -0.3 is 9.47 Å². The van der Waals surface area contributed by atoms with Crippen molar-refractivity contribution >= 4 is 40.3 Å². The first-order chi connectivity index (χ1) is 14.7. The summed E-state index contributed by atoms with van der Waals surface area (Å²) in [6.45, 7) is 0.790. The Bertz CT molecular complexity index is 1070. The molecule has 1 heterocycles. The third-order valence-corrected chi connectivity index (χ3v) is 5.71. The molecule has 3 aromatic rings. The SMILES string of the molecule is O=C1C(=Cc2cccc(Oc3ccccc3)c2)SC(=S)N1CCOc1ccccc1. The number of amides is 1. The van der Waals surface area contributed by atoms with Crippen LogP contribution in [-0.4, -0.2) is 28.3 Å². The van der Waals surface area contributed by atoms with Gasteiger partial charge in [0.2, 0.25) is 0 Å². The van der Waals surface area contributed by atoms with Gasteiger partial charge >= 0.3 is 0 Å². The monoisotopic (exact) mass is 433 g/mol. The number of carbonyl (C=O) groups excluding carboxylic acids is 1. The lowest BCUT2D eigenvalue weighted by molar-refractivity contribution is -0.122. The molecule has 6 heteroatoms. The van der Waals surface area contributed by atoms with Gasteiger partial charge in [0, 0.05) is 0 Å². The van der Waals surface area contributed by atoms with E-state index in [2.05, 4.69) is 0 Å². The van der Waals surface area contributed by atoms with Crippen molar-refractivity contribution in [1.82, 2.24) is 4.90 Å². The van der Waals surface area contributed by atoms with Crippen LogP contribution in [0.15, 0.2) is 89.8 Å². The van der Waals surface area contributed by atoms with E-state index in [0.29, 0.717) is 28.1 Å². The summed E-state index contributed by atoms with van der Waals surface area (Å²) in [5.74, 6) is 2.14. The minimum atomic E-state index is -0.101. The number of rotatable bonds is 7. The molecule has 0 aliphatic carbocycles. The summed E-state index contributed by atoms with van der Waals surface area (Å²) in [5.41, 5.74) is 0.879. The predicted molar refractivity (Wildman–Crippen MR) is 125 cm³/mol. The molecule has 1 saturated heterocycles. The first-order valence-corrected chi connectivity index (χ1v) is 10.7. The van der Waals surface area contributed by atoms with Crippen molar-refractivity contribution < 1.29 is 14.3 Å². The molecule has 0 aromatic heterocycles. The van der Waals surface area contributed by atoms with Crippen molar-refractivity contribution in [3.63, 3.8) is 0 Å².